The molecule has 0 saturated carbocycles. The zero-order valence-electron chi connectivity index (χ0n) is 11.6. The number of thioether (sulfide) groups is 1. The summed E-state index contributed by atoms with van der Waals surface area (Å²) in [6.45, 7) is 1.92. The molecule has 0 amide bonds. The number of aliphatic hydroxyl groups is 1. The highest BCUT2D eigenvalue weighted by Crippen LogP contribution is 2.20. The summed E-state index contributed by atoms with van der Waals surface area (Å²) in [5.74, 6) is 5.77. The third-order valence-corrected chi connectivity index (χ3v) is 3.56. The van der Waals surface area contributed by atoms with Crippen molar-refractivity contribution in [2.45, 2.75) is 24.3 Å². The van der Waals surface area contributed by atoms with E-state index in [-0.39, 0.29) is 12.4 Å². The van der Waals surface area contributed by atoms with E-state index >= 15 is 0 Å². The Morgan fingerprint density at radius 2 is 2.05 bits per heavy atom. The first-order chi connectivity index (χ1) is 10.2. The first-order valence-corrected chi connectivity index (χ1v) is 7.47. The Balaban J connectivity index is 2.05. The fraction of sp³-hybridized carbons (Fsp3) is 0.250. The van der Waals surface area contributed by atoms with Crippen molar-refractivity contribution in [3.63, 3.8) is 0 Å². The van der Waals surface area contributed by atoms with Crippen LogP contribution in [0.4, 0.5) is 4.39 Å². The molecule has 21 heavy (non-hydrogen) atoms. The van der Waals surface area contributed by atoms with Crippen molar-refractivity contribution in [1.29, 1.82) is 0 Å². The van der Waals surface area contributed by atoms with E-state index in [1.165, 1.54) is 17.8 Å². The second kappa shape index (κ2) is 7.77. The second-order valence-corrected chi connectivity index (χ2v) is 5.36. The number of rotatable bonds is 4. The van der Waals surface area contributed by atoms with Crippen LogP contribution < -0.4 is 0 Å². The number of nitrogens with zero attached hydrogens (tertiary/aromatic N) is 2. The third-order valence-electron chi connectivity index (χ3n) is 2.62. The topological polar surface area (TPSA) is 46.0 Å². The molecule has 108 valence electrons. The van der Waals surface area contributed by atoms with E-state index in [9.17, 15) is 4.39 Å². The molecule has 0 aliphatic rings. The minimum atomic E-state index is -0.347. The molecule has 2 rings (SSSR count). The van der Waals surface area contributed by atoms with Crippen LogP contribution in [0.2, 0.25) is 0 Å². The van der Waals surface area contributed by atoms with E-state index < -0.39 is 0 Å². The van der Waals surface area contributed by atoms with Gasteiger partial charge in [0.1, 0.15) is 5.82 Å². The minimum Gasteiger partial charge on any atom is -0.395 e. The highest BCUT2D eigenvalue weighted by atomic mass is 32.2. The minimum absolute atomic E-state index is 0.0189. The first-order valence-electron chi connectivity index (χ1n) is 6.48. The molecule has 5 heteroatoms. The Kier molecular flexibility index (Phi) is 5.73. The maximum atomic E-state index is 13.6. The summed E-state index contributed by atoms with van der Waals surface area (Å²) in [5, 5.41) is 9.38. The summed E-state index contributed by atoms with van der Waals surface area (Å²) < 4.78 is 13.6. The van der Waals surface area contributed by atoms with Crippen molar-refractivity contribution >= 4 is 11.8 Å². The molecule has 0 saturated heterocycles. The summed E-state index contributed by atoms with van der Waals surface area (Å²) >= 11 is 1.49. The molecule has 0 fully saturated rings. The van der Waals surface area contributed by atoms with E-state index in [1.54, 1.807) is 24.5 Å². The first kappa shape index (κ1) is 15.5. The second-order valence-electron chi connectivity index (χ2n) is 4.42. The van der Waals surface area contributed by atoms with Crippen LogP contribution in [0.1, 0.15) is 23.1 Å². The van der Waals surface area contributed by atoms with E-state index in [0.29, 0.717) is 22.9 Å². The lowest BCUT2D eigenvalue weighted by molar-refractivity contribution is 0.305. The molecular weight excluding hydrogens is 287 g/mol. The van der Waals surface area contributed by atoms with E-state index in [2.05, 4.69) is 21.8 Å². The molecule has 0 atom stereocenters. The van der Waals surface area contributed by atoms with Crippen LogP contribution in [-0.2, 0) is 5.75 Å². The van der Waals surface area contributed by atoms with Crippen molar-refractivity contribution in [3.8, 4) is 11.8 Å². The number of benzene rings is 1. The average molecular weight is 302 g/mol. The van der Waals surface area contributed by atoms with Gasteiger partial charge in [0.2, 0.25) is 0 Å². The van der Waals surface area contributed by atoms with Crippen molar-refractivity contribution in [1.82, 2.24) is 9.97 Å². The molecule has 1 aromatic carbocycles. The molecule has 3 nitrogen and oxygen atoms in total. The Morgan fingerprint density at radius 1 is 1.29 bits per heavy atom. The fourth-order valence-corrected chi connectivity index (χ4v) is 2.30. The lowest BCUT2D eigenvalue weighted by Crippen LogP contribution is -1.91. The number of halogens is 1. The average Bonchev–Trinajstić information content (AvgIpc) is 2.49. The zero-order chi connectivity index (χ0) is 15.1. The van der Waals surface area contributed by atoms with Gasteiger partial charge < -0.3 is 5.11 Å². The van der Waals surface area contributed by atoms with Gasteiger partial charge in [-0.05, 0) is 30.2 Å². The molecule has 0 radical (unpaired) electrons. The molecule has 2 aromatic rings. The molecular formula is C16H15FN2OS. The van der Waals surface area contributed by atoms with Crippen molar-refractivity contribution < 1.29 is 9.50 Å². The molecule has 0 bridgehead atoms. The van der Waals surface area contributed by atoms with Gasteiger partial charge in [-0.25, -0.2) is 14.4 Å². The summed E-state index contributed by atoms with van der Waals surface area (Å²) in [7, 11) is 0. The van der Waals surface area contributed by atoms with Crippen LogP contribution in [0.25, 0.3) is 0 Å². The van der Waals surface area contributed by atoms with Gasteiger partial charge in [-0.3, -0.25) is 0 Å². The van der Waals surface area contributed by atoms with Crippen LogP contribution in [0.15, 0.2) is 35.7 Å². The van der Waals surface area contributed by atoms with Crippen LogP contribution in [0.3, 0.4) is 0 Å². The van der Waals surface area contributed by atoms with Gasteiger partial charge in [0.15, 0.2) is 5.16 Å². The van der Waals surface area contributed by atoms with Crippen LogP contribution in [0.5, 0.6) is 0 Å². The fourth-order valence-electron chi connectivity index (χ4n) is 1.57. The van der Waals surface area contributed by atoms with Crippen molar-refractivity contribution in [2.24, 2.45) is 0 Å². The Morgan fingerprint density at radius 3 is 2.76 bits per heavy atom. The van der Waals surface area contributed by atoms with Crippen molar-refractivity contribution in [3.05, 3.63) is 53.1 Å². The van der Waals surface area contributed by atoms with E-state index in [0.717, 1.165) is 11.1 Å². The number of hydrogen-bond donors (Lipinski definition) is 1. The van der Waals surface area contributed by atoms with Gasteiger partial charge >= 0.3 is 0 Å². The van der Waals surface area contributed by atoms with Crippen LogP contribution in [-0.4, -0.2) is 21.7 Å². The SMILES string of the molecule is Cc1cnc(SCc2ccc(F)c(C#CCCO)c2)nc1. The maximum absolute atomic E-state index is 13.6. The number of hydrogen-bond acceptors (Lipinski definition) is 4. The highest BCUT2D eigenvalue weighted by molar-refractivity contribution is 7.98. The largest absolute Gasteiger partial charge is 0.395 e. The van der Waals surface area contributed by atoms with Crippen LogP contribution in [0, 0.1) is 24.6 Å². The Bertz CT molecular complexity index is 662. The summed E-state index contributed by atoms with van der Waals surface area (Å²) in [5.41, 5.74) is 2.33. The molecule has 0 aliphatic carbocycles. The number of aryl methyl sites for hydroxylation is 1. The van der Waals surface area contributed by atoms with Gasteiger partial charge in [-0.1, -0.05) is 29.7 Å². The standard InChI is InChI=1S/C16H15FN2OS/c1-12-9-18-16(19-10-12)21-11-13-5-6-15(17)14(8-13)4-2-3-7-20/h5-6,8-10,20H,3,7,11H2,1H3. The Labute approximate surface area is 127 Å². The monoisotopic (exact) mass is 302 g/mol. The van der Waals surface area contributed by atoms with Crippen molar-refractivity contribution in [2.75, 3.05) is 6.61 Å². The van der Waals surface area contributed by atoms with Gasteiger partial charge in [0.05, 0.1) is 12.2 Å². The Hall–Kier alpha value is -1.90. The predicted molar refractivity (Wildman–Crippen MR) is 81.3 cm³/mol. The van der Waals surface area contributed by atoms with E-state index in [4.69, 9.17) is 5.11 Å². The van der Waals surface area contributed by atoms with Gasteiger partial charge in [0.25, 0.3) is 0 Å². The predicted octanol–water partition coefficient (Wildman–Crippen LogP) is 2.95. The third kappa shape index (κ3) is 4.85. The van der Waals surface area contributed by atoms with Crippen LogP contribution >= 0.6 is 11.8 Å². The summed E-state index contributed by atoms with van der Waals surface area (Å²) in [6, 6.07) is 4.86. The highest BCUT2D eigenvalue weighted by Gasteiger charge is 2.03. The quantitative estimate of drug-likeness (QED) is 0.536. The maximum Gasteiger partial charge on any atom is 0.187 e. The van der Waals surface area contributed by atoms with Gasteiger partial charge in [-0.2, -0.15) is 0 Å². The summed E-state index contributed by atoms with van der Waals surface area (Å²) in [4.78, 5) is 8.43. The lowest BCUT2D eigenvalue weighted by atomic mass is 10.1. The normalized spacial score (nSPS) is 10.0. The van der Waals surface area contributed by atoms with Gasteiger partial charge in [-0.15, -0.1) is 0 Å². The molecule has 1 heterocycles. The zero-order valence-corrected chi connectivity index (χ0v) is 12.5. The molecule has 1 N–H and O–H groups in total. The molecule has 0 spiro atoms. The lowest BCUT2D eigenvalue weighted by Gasteiger charge is -2.03. The smallest absolute Gasteiger partial charge is 0.187 e. The molecule has 0 aliphatic heterocycles. The van der Waals surface area contributed by atoms with E-state index in [1.807, 2.05) is 6.92 Å². The van der Waals surface area contributed by atoms with Gasteiger partial charge in [0, 0.05) is 24.6 Å². The molecule has 1 aromatic heterocycles. The molecule has 0 unspecified atom stereocenters. The number of aromatic nitrogens is 2. The summed E-state index contributed by atoms with van der Waals surface area (Å²) in [6.07, 6.45) is 3.88. The number of aliphatic hydroxyl groups excluding tert-OH is 1.